The molecule has 3 rings (SSSR count). The second kappa shape index (κ2) is 4.80. The van der Waals surface area contributed by atoms with Crippen molar-refractivity contribution in [3.8, 4) is 0 Å². The molecule has 0 amide bonds. The Kier molecular flexibility index (Phi) is 3.27. The van der Waals surface area contributed by atoms with Gasteiger partial charge in [-0.2, -0.15) is 5.10 Å². The largest absolute Gasteiger partial charge is 0.348 e. The SMILES string of the molecule is Cc1nn(C)c(Cn2ccc(C(N)C3CC3)c2)c1Br. The van der Waals surface area contributed by atoms with Crippen molar-refractivity contribution >= 4 is 15.9 Å². The fourth-order valence-corrected chi connectivity index (χ4v) is 2.97. The van der Waals surface area contributed by atoms with Crippen LogP contribution in [0.4, 0.5) is 0 Å². The maximum atomic E-state index is 6.23. The van der Waals surface area contributed by atoms with Crippen LogP contribution in [-0.4, -0.2) is 14.3 Å². The van der Waals surface area contributed by atoms with Crippen molar-refractivity contribution in [3.05, 3.63) is 39.9 Å². The van der Waals surface area contributed by atoms with Gasteiger partial charge in [0.05, 0.1) is 22.4 Å². The Morgan fingerprint density at radius 1 is 1.53 bits per heavy atom. The van der Waals surface area contributed by atoms with E-state index in [0.29, 0.717) is 5.92 Å². The van der Waals surface area contributed by atoms with E-state index in [2.05, 4.69) is 44.1 Å². The molecule has 0 radical (unpaired) electrons. The zero-order chi connectivity index (χ0) is 13.6. The molecule has 1 aliphatic carbocycles. The Morgan fingerprint density at radius 2 is 2.26 bits per heavy atom. The summed E-state index contributed by atoms with van der Waals surface area (Å²) in [5.74, 6) is 0.696. The molecule has 2 aromatic heterocycles. The summed E-state index contributed by atoms with van der Waals surface area (Å²) in [6.45, 7) is 2.83. The summed E-state index contributed by atoms with van der Waals surface area (Å²) < 4.78 is 5.20. The van der Waals surface area contributed by atoms with E-state index >= 15 is 0 Å². The predicted molar refractivity (Wildman–Crippen MR) is 78.8 cm³/mol. The van der Waals surface area contributed by atoms with Crippen LogP contribution >= 0.6 is 15.9 Å². The van der Waals surface area contributed by atoms with Crippen LogP contribution in [0.3, 0.4) is 0 Å². The minimum absolute atomic E-state index is 0.206. The lowest BCUT2D eigenvalue weighted by Crippen LogP contribution is -2.11. The Labute approximate surface area is 121 Å². The lowest BCUT2D eigenvalue weighted by molar-refractivity contribution is 0.626. The van der Waals surface area contributed by atoms with Crippen LogP contribution in [0.2, 0.25) is 0 Å². The molecule has 102 valence electrons. The van der Waals surface area contributed by atoms with Crippen LogP contribution in [0.25, 0.3) is 0 Å². The first-order chi connectivity index (χ1) is 9.06. The fraction of sp³-hybridized carbons (Fsp3) is 0.500. The van der Waals surface area contributed by atoms with Crippen LogP contribution in [0.15, 0.2) is 22.9 Å². The third-order valence-electron chi connectivity index (χ3n) is 3.88. The molecule has 2 aromatic rings. The van der Waals surface area contributed by atoms with Crippen LogP contribution in [0.5, 0.6) is 0 Å². The summed E-state index contributed by atoms with van der Waals surface area (Å²) >= 11 is 3.61. The highest BCUT2D eigenvalue weighted by molar-refractivity contribution is 9.10. The van der Waals surface area contributed by atoms with E-state index in [9.17, 15) is 0 Å². The number of halogens is 1. The van der Waals surface area contributed by atoms with Crippen molar-refractivity contribution in [1.82, 2.24) is 14.3 Å². The summed E-state index contributed by atoms with van der Waals surface area (Å²) in [7, 11) is 1.98. The highest BCUT2D eigenvalue weighted by Gasteiger charge is 2.29. The smallest absolute Gasteiger partial charge is 0.0739 e. The third-order valence-corrected chi connectivity index (χ3v) is 4.91. The van der Waals surface area contributed by atoms with E-state index in [0.717, 1.165) is 16.7 Å². The van der Waals surface area contributed by atoms with Gasteiger partial charge >= 0.3 is 0 Å². The molecule has 0 saturated heterocycles. The number of rotatable bonds is 4. The van der Waals surface area contributed by atoms with Crippen LogP contribution in [0, 0.1) is 12.8 Å². The zero-order valence-corrected chi connectivity index (χ0v) is 12.9. The lowest BCUT2D eigenvalue weighted by atomic mass is 10.1. The molecule has 1 atom stereocenters. The molecule has 0 bridgehead atoms. The zero-order valence-electron chi connectivity index (χ0n) is 11.3. The molecule has 1 unspecified atom stereocenters. The Bertz CT molecular complexity index is 595. The molecule has 0 aromatic carbocycles. The molecule has 1 saturated carbocycles. The fourth-order valence-electron chi connectivity index (χ4n) is 2.51. The first-order valence-corrected chi connectivity index (χ1v) is 7.45. The molecular weight excluding hydrogens is 304 g/mol. The molecule has 1 fully saturated rings. The summed E-state index contributed by atoms with van der Waals surface area (Å²) in [4.78, 5) is 0. The van der Waals surface area contributed by atoms with E-state index in [1.54, 1.807) is 0 Å². The minimum atomic E-state index is 0.206. The van der Waals surface area contributed by atoms with Gasteiger partial charge < -0.3 is 10.3 Å². The van der Waals surface area contributed by atoms with Crippen molar-refractivity contribution in [1.29, 1.82) is 0 Å². The lowest BCUT2D eigenvalue weighted by Gasteiger charge is -2.08. The average Bonchev–Trinajstić information content (AvgIpc) is 3.08. The predicted octanol–water partition coefficient (Wildman–Crippen LogP) is 2.75. The number of hydrogen-bond donors (Lipinski definition) is 1. The van der Waals surface area contributed by atoms with Crippen molar-refractivity contribution in [3.63, 3.8) is 0 Å². The van der Waals surface area contributed by atoms with Gasteiger partial charge in [0.25, 0.3) is 0 Å². The normalized spacial score (nSPS) is 16.8. The highest BCUT2D eigenvalue weighted by Crippen LogP contribution is 2.39. The van der Waals surface area contributed by atoms with E-state index < -0.39 is 0 Å². The second-order valence-corrected chi connectivity index (χ2v) is 6.24. The minimum Gasteiger partial charge on any atom is -0.348 e. The van der Waals surface area contributed by atoms with Gasteiger partial charge in [0.1, 0.15) is 0 Å². The summed E-state index contributed by atoms with van der Waals surface area (Å²) in [6, 6.07) is 2.35. The van der Waals surface area contributed by atoms with Crippen LogP contribution in [0.1, 0.15) is 35.8 Å². The number of aromatic nitrogens is 3. The van der Waals surface area contributed by atoms with Crippen LogP contribution < -0.4 is 5.73 Å². The Balaban J connectivity index is 1.79. The summed E-state index contributed by atoms with van der Waals surface area (Å²) in [5, 5.41) is 4.42. The molecule has 2 N–H and O–H groups in total. The van der Waals surface area contributed by atoms with Gasteiger partial charge in [0.2, 0.25) is 0 Å². The quantitative estimate of drug-likeness (QED) is 0.940. The number of nitrogens with zero attached hydrogens (tertiary/aromatic N) is 3. The Morgan fingerprint density at radius 3 is 2.84 bits per heavy atom. The number of hydrogen-bond acceptors (Lipinski definition) is 2. The van der Waals surface area contributed by atoms with Crippen molar-refractivity contribution in [2.24, 2.45) is 18.7 Å². The average molecular weight is 323 g/mol. The van der Waals surface area contributed by atoms with Crippen molar-refractivity contribution in [2.75, 3.05) is 0 Å². The first kappa shape index (κ1) is 12.9. The second-order valence-electron chi connectivity index (χ2n) is 5.45. The standard InChI is InChI=1S/C14H19BrN4/c1-9-13(15)12(18(2)17-9)8-19-6-5-11(7-19)14(16)10-3-4-10/h5-7,10,14H,3-4,8,16H2,1-2H3. The van der Waals surface area contributed by atoms with Gasteiger partial charge in [-0.1, -0.05) is 0 Å². The van der Waals surface area contributed by atoms with Gasteiger partial charge in [-0.15, -0.1) is 0 Å². The van der Waals surface area contributed by atoms with Gasteiger partial charge in [-0.25, -0.2) is 0 Å². The molecule has 2 heterocycles. The molecule has 1 aliphatic rings. The van der Waals surface area contributed by atoms with Gasteiger partial charge in [-0.3, -0.25) is 4.68 Å². The maximum absolute atomic E-state index is 6.23. The topological polar surface area (TPSA) is 48.8 Å². The van der Waals surface area contributed by atoms with E-state index in [1.165, 1.54) is 24.1 Å². The molecular formula is C14H19BrN4. The molecule has 4 nitrogen and oxygen atoms in total. The molecule has 19 heavy (non-hydrogen) atoms. The molecule has 5 heteroatoms. The highest BCUT2D eigenvalue weighted by atomic mass is 79.9. The maximum Gasteiger partial charge on any atom is 0.0739 e. The molecule has 0 aliphatic heterocycles. The van der Waals surface area contributed by atoms with E-state index in [-0.39, 0.29) is 6.04 Å². The molecule has 0 spiro atoms. The van der Waals surface area contributed by atoms with Gasteiger partial charge in [0, 0.05) is 25.5 Å². The van der Waals surface area contributed by atoms with Crippen molar-refractivity contribution in [2.45, 2.75) is 32.4 Å². The third kappa shape index (κ3) is 2.49. The van der Waals surface area contributed by atoms with Gasteiger partial charge in [-0.05, 0) is 53.2 Å². The summed E-state index contributed by atoms with van der Waals surface area (Å²) in [6.07, 6.45) is 6.82. The van der Waals surface area contributed by atoms with Crippen molar-refractivity contribution < 1.29 is 0 Å². The monoisotopic (exact) mass is 322 g/mol. The van der Waals surface area contributed by atoms with E-state index in [1.807, 2.05) is 18.7 Å². The first-order valence-electron chi connectivity index (χ1n) is 6.65. The Hall–Kier alpha value is -1.07. The number of aryl methyl sites for hydroxylation is 2. The number of nitrogens with two attached hydrogens (primary N) is 1. The summed E-state index contributed by atoms with van der Waals surface area (Å²) in [5.41, 5.74) is 9.69. The van der Waals surface area contributed by atoms with Gasteiger partial charge in [0.15, 0.2) is 0 Å². The van der Waals surface area contributed by atoms with E-state index in [4.69, 9.17) is 5.73 Å². The van der Waals surface area contributed by atoms with Crippen LogP contribution in [-0.2, 0) is 13.6 Å².